The topological polar surface area (TPSA) is 53.4 Å². The first-order valence-corrected chi connectivity index (χ1v) is 12.0. The third-order valence-electron chi connectivity index (χ3n) is 6.41. The molecule has 0 radical (unpaired) electrons. The number of amides is 1. The van der Waals surface area contributed by atoms with Gasteiger partial charge in [-0.2, -0.15) is 5.10 Å². The van der Waals surface area contributed by atoms with Crippen LogP contribution < -0.4 is 5.32 Å². The number of carbonyl (C=O) groups is 1. The highest BCUT2D eigenvalue weighted by Crippen LogP contribution is 2.20. The Morgan fingerprint density at radius 2 is 1.74 bits per heavy atom. The Balaban J connectivity index is 1.23. The number of benzene rings is 2. The summed E-state index contributed by atoms with van der Waals surface area (Å²) in [6, 6.07) is 14.8. The summed E-state index contributed by atoms with van der Waals surface area (Å²) in [5, 5.41) is 8.20. The Hall–Kier alpha value is -2.74. The third-order valence-corrected chi connectivity index (χ3v) is 6.76. The van der Waals surface area contributed by atoms with Gasteiger partial charge in [-0.1, -0.05) is 48.0 Å². The average Bonchev–Trinajstić information content (AvgIpc) is 3.08. The van der Waals surface area contributed by atoms with Gasteiger partial charge >= 0.3 is 0 Å². The largest absolute Gasteiger partial charge is 0.351 e. The first-order chi connectivity index (χ1) is 16.4. The van der Waals surface area contributed by atoms with E-state index in [9.17, 15) is 9.18 Å². The fraction of sp³-hybridized carbons (Fsp3) is 0.385. The van der Waals surface area contributed by atoms with Crippen molar-refractivity contribution in [3.05, 3.63) is 87.4 Å². The molecule has 180 valence electrons. The molecular weight excluding hydrogens is 453 g/mol. The highest BCUT2D eigenvalue weighted by Gasteiger charge is 2.20. The van der Waals surface area contributed by atoms with Crippen molar-refractivity contribution in [2.75, 3.05) is 32.7 Å². The second kappa shape index (κ2) is 11.1. The lowest BCUT2D eigenvalue weighted by Crippen LogP contribution is -2.49. The van der Waals surface area contributed by atoms with Crippen molar-refractivity contribution in [3.8, 4) is 0 Å². The van der Waals surface area contributed by atoms with E-state index < -0.39 is 0 Å². The SMILES string of the molecule is Cc1nn(Cc2ccccc2)c(C)c1CNC(=O)CN1CCN(Cc2ccc(F)cc2Cl)CC1. The van der Waals surface area contributed by atoms with Gasteiger partial charge in [0.15, 0.2) is 0 Å². The fourth-order valence-electron chi connectivity index (χ4n) is 4.34. The van der Waals surface area contributed by atoms with E-state index in [1.807, 2.05) is 29.8 Å². The van der Waals surface area contributed by atoms with Crippen LogP contribution in [0, 0.1) is 19.7 Å². The first kappa shape index (κ1) is 24.4. The molecule has 2 heterocycles. The molecule has 34 heavy (non-hydrogen) atoms. The van der Waals surface area contributed by atoms with Gasteiger partial charge in [-0.15, -0.1) is 0 Å². The van der Waals surface area contributed by atoms with Crippen LogP contribution in [0.1, 0.15) is 28.1 Å². The summed E-state index contributed by atoms with van der Waals surface area (Å²) >= 11 is 6.16. The summed E-state index contributed by atoms with van der Waals surface area (Å²) in [6.45, 7) is 9.59. The molecule has 0 saturated carbocycles. The summed E-state index contributed by atoms with van der Waals surface area (Å²) in [7, 11) is 0. The summed E-state index contributed by atoms with van der Waals surface area (Å²) in [4.78, 5) is 17.1. The highest BCUT2D eigenvalue weighted by molar-refractivity contribution is 6.31. The van der Waals surface area contributed by atoms with Crippen molar-refractivity contribution in [1.82, 2.24) is 24.9 Å². The summed E-state index contributed by atoms with van der Waals surface area (Å²) in [5.41, 5.74) is 5.22. The number of nitrogens with zero attached hydrogens (tertiary/aromatic N) is 4. The van der Waals surface area contributed by atoms with Gasteiger partial charge in [-0.05, 0) is 37.1 Å². The standard InChI is InChI=1S/C26H31ClFN5O/c1-19-24(20(2)33(30-19)16-21-6-4-3-5-7-21)15-29-26(34)18-32-12-10-31(11-13-32)17-22-8-9-23(28)14-25(22)27/h3-9,14H,10-13,15-18H2,1-2H3,(H,29,34). The van der Waals surface area contributed by atoms with E-state index in [4.69, 9.17) is 11.6 Å². The molecule has 1 aliphatic heterocycles. The van der Waals surface area contributed by atoms with Gasteiger partial charge in [0.25, 0.3) is 0 Å². The predicted molar refractivity (Wildman–Crippen MR) is 132 cm³/mol. The van der Waals surface area contributed by atoms with Crippen molar-refractivity contribution in [3.63, 3.8) is 0 Å². The first-order valence-electron chi connectivity index (χ1n) is 11.6. The molecule has 1 amide bonds. The molecule has 8 heteroatoms. The maximum Gasteiger partial charge on any atom is 0.234 e. The quantitative estimate of drug-likeness (QED) is 0.530. The number of hydrogen-bond donors (Lipinski definition) is 1. The Morgan fingerprint density at radius 3 is 2.44 bits per heavy atom. The van der Waals surface area contributed by atoms with Crippen LogP contribution in [0.25, 0.3) is 0 Å². The summed E-state index contributed by atoms with van der Waals surface area (Å²) < 4.78 is 15.3. The summed E-state index contributed by atoms with van der Waals surface area (Å²) in [6.07, 6.45) is 0. The van der Waals surface area contributed by atoms with E-state index in [1.54, 1.807) is 6.07 Å². The molecule has 3 aromatic rings. The third kappa shape index (κ3) is 6.23. The van der Waals surface area contributed by atoms with E-state index in [0.717, 1.165) is 55.2 Å². The number of rotatable bonds is 8. The molecule has 1 saturated heterocycles. The van der Waals surface area contributed by atoms with E-state index in [1.165, 1.54) is 17.7 Å². The molecule has 0 spiro atoms. The van der Waals surface area contributed by atoms with Gasteiger partial charge in [0, 0.05) is 55.5 Å². The maximum absolute atomic E-state index is 13.3. The number of halogens is 2. The number of hydrogen-bond acceptors (Lipinski definition) is 4. The number of aromatic nitrogens is 2. The number of piperazine rings is 1. The normalized spacial score (nSPS) is 14.9. The Bertz CT molecular complexity index is 1130. The number of aryl methyl sites for hydroxylation is 1. The van der Waals surface area contributed by atoms with Crippen LogP contribution in [-0.2, 0) is 24.4 Å². The van der Waals surface area contributed by atoms with E-state index in [0.29, 0.717) is 24.7 Å². The van der Waals surface area contributed by atoms with Crippen LogP contribution in [0.5, 0.6) is 0 Å². The Morgan fingerprint density at radius 1 is 1.03 bits per heavy atom. The molecule has 1 N–H and O–H groups in total. The smallest absolute Gasteiger partial charge is 0.234 e. The predicted octanol–water partition coefficient (Wildman–Crippen LogP) is 3.77. The summed E-state index contributed by atoms with van der Waals surface area (Å²) in [5.74, 6) is -0.303. The molecule has 2 aromatic carbocycles. The molecule has 0 atom stereocenters. The Labute approximate surface area is 205 Å². The Kier molecular flexibility index (Phi) is 7.98. The van der Waals surface area contributed by atoms with E-state index in [-0.39, 0.29) is 11.7 Å². The van der Waals surface area contributed by atoms with Crippen molar-refractivity contribution in [2.45, 2.75) is 33.5 Å². The zero-order valence-electron chi connectivity index (χ0n) is 19.7. The maximum atomic E-state index is 13.3. The van der Waals surface area contributed by atoms with Gasteiger partial charge in [0.2, 0.25) is 5.91 Å². The van der Waals surface area contributed by atoms with E-state index >= 15 is 0 Å². The van der Waals surface area contributed by atoms with E-state index in [2.05, 4.69) is 39.3 Å². The molecule has 1 aromatic heterocycles. The monoisotopic (exact) mass is 483 g/mol. The van der Waals surface area contributed by atoms with Gasteiger partial charge in [-0.3, -0.25) is 19.3 Å². The van der Waals surface area contributed by atoms with Crippen LogP contribution in [0.4, 0.5) is 4.39 Å². The van der Waals surface area contributed by atoms with Crippen molar-refractivity contribution in [2.24, 2.45) is 0 Å². The zero-order chi connectivity index (χ0) is 24.1. The lowest BCUT2D eigenvalue weighted by molar-refractivity contribution is -0.122. The van der Waals surface area contributed by atoms with Crippen molar-refractivity contribution >= 4 is 17.5 Å². The zero-order valence-corrected chi connectivity index (χ0v) is 20.5. The van der Waals surface area contributed by atoms with Gasteiger partial charge < -0.3 is 5.32 Å². The van der Waals surface area contributed by atoms with Gasteiger partial charge in [-0.25, -0.2) is 4.39 Å². The van der Waals surface area contributed by atoms with Gasteiger partial charge in [0.1, 0.15) is 5.82 Å². The molecule has 1 aliphatic rings. The van der Waals surface area contributed by atoms with Crippen LogP contribution in [0.15, 0.2) is 48.5 Å². The molecule has 6 nitrogen and oxygen atoms in total. The molecule has 0 bridgehead atoms. The van der Waals surface area contributed by atoms with Crippen LogP contribution in [0.3, 0.4) is 0 Å². The number of nitrogens with one attached hydrogen (secondary N) is 1. The molecule has 1 fully saturated rings. The van der Waals surface area contributed by atoms with Gasteiger partial charge in [0.05, 0.1) is 18.8 Å². The molecule has 0 unspecified atom stereocenters. The molecular formula is C26H31ClFN5O. The highest BCUT2D eigenvalue weighted by atomic mass is 35.5. The fourth-order valence-corrected chi connectivity index (χ4v) is 4.57. The minimum Gasteiger partial charge on any atom is -0.351 e. The van der Waals surface area contributed by atoms with Crippen LogP contribution in [-0.4, -0.2) is 58.2 Å². The molecule has 0 aliphatic carbocycles. The minimum absolute atomic E-state index is 0.0182. The van der Waals surface area contributed by atoms with Crippen molar-refractivity contribution < 1.29 is 9.18 Å². The minimum atomic E-state index is -0.321. The van der Waals surface area contributed by atoms with Crippen molar-refractivity contribution in [1.29, 1.82) is 0 Å². The lowest BCUT2D eigenvalue weighted by atomic mass is 10.2. The lowest BCUT2D eigenvalue weighted by Gasteiger charge is -2.34. The average molecular weight is 484 g/mol. The van der Waals surface area contributed by atoms with Crippen LogP contribution >= 0.6 is 11.6 Å². The number of carbonyl (C=O) groups excluding carboxylic acids is 1. The van der Waals surface area contributed by atoms with Crippen LogP contribution in [0.2, 0.25) is 5.02 Å². The molecule has 4 rings (SSSR count). The second-order valence-electron chi connectivity index (χ2n) is 8.86. The second-order valence-corrected chi connectivity index (χ2v) is 9.26.